The maximum atomic E-state index is 11.1. The second-order valence-electron chi connectivity index (χ2n) is 3.25. The van der Waals surface area contributed by atoms with E-state index in [-0.39, 0.29) is 5.41 Å². The molecule has 0 heterocycles. The van der Waals surface area contributed by atoms with E-state index in [0.29, 0.717) is 11.7 Å². The van der Waals surface area contributed by atoms with Crippen LogP contribution in [-0.4, -0.2) is 17.8 Å². The van der Waals surface area contributed by atoms with E-state index >= 15 is 0 Å². The number of rotatable bonds is 3. The molecule has 0 amide bonds. The standard InChI is InChI=1S/C8H14OS/c1-6-4-8(6,5-10-3)7(2)9/h6H,4-5H2,1-3H3. The summed E-state index contributed by atoms with van der Waals surface area (Å²) in [5, 5.41) is 0. The van der Waals surface area contributed by atoms with Crippen LogP contribution in [-0.2, 0) is 4.79 Å². The molecule has 1 fully saturated rings. The largest absolute Gasteiger partial charge is 0.299 e. The first-order chi connectivity index (χ1) is 4.63. The lowest BCUT2D eigenvalue weighted by molar-refractivity contribution is -0.121. The van der Waals surface area contributed by atoms with Gasteiger partial charge in [0.1, 0.15) is 5.78 Å². The molecule has 0 spiro atoms. The molecule has 0 bridgehead atoms. The predicted octanol–water partition coefficient (Wildman–Crippen LogP) is 1.96. The lowest BCUT2D eigenvalue weighted by atomic mass is 10.0. The highest BCUT2D eigenvalue weighted by Crippen LogP contribution is 2.54. The van der Waals surface area contributed by atoms with Gasteiger partial charge in [-0.3, -0.25) is 4.79 Å². The molecule has 1 aliphatic rings. The summed E-state index contributed by atoms with van der Waals surface area (Å²) in [6, 6.07) is 0. The Morgan fingerprint density at radius 2 is 2.30 bits per heavy atom. The number of thioether (sulfide) groups is 1. The van der Waals surface area contributed by atoms with Crippen LogP contribution in [0.1, 0.15) is 20.3 Å². The van der Waals surface area contributed by atoms with Gasteiger partial charge in [-0.15, -0.1) is 0 Å². The highest BCUT2D eigenvalue weighted by atomic mass is 32.2. The first kappa shape index (κ1) is 8.12. The van der Waals surface area contributed by atoms with Crippen LogP contribution in [0.5, 0.6) is 0 Å². The minimum absolute atomic E-state index is 0.0828. The monoisotopic (exact) mass is 158 g/mol. The van der Waals surface area contributed by atoms with Crippen molar-refractivity contribution in [3.8, 4) is 0 Å². The SMILES string of the molecule is CSCC1(C(C)=O)CC1C. The summed E-state index contributed by atoms with van der Waals surface area (Å²) in [5.74, 6) is 2.04. The van der Waals surface area contributed by atoms with Gasteiger partial charge in [0.05, 0.1) is 0 Å². The number of ketones is 1. The molecule has 0 N–H and O–H groups in total. The van der Waals surface area contributed by atoms with Crippen molar-refractivity contribution in [1.82, 2.24) is 0 Å². The number of Topliss-reactive ketones (excluding diaryl/α,β-unsaturated/α-hetero) is 1. The Morgan fingerprint density at radius 1 is 1.80 bits per heavy atom. The van der Waals surface area contributed by atoms with Crippen molar-refractivity contribution in [2.45, 2.75) is 20.3 Å². The molecule has 2 atom stereocenters. The fourth-order valence-electron chi connectivity index (χ4n) is 1.54. The molecule has 2 heteroatoms. The first-order valence-electron chi connectivity index (χ1n) is 3.63. The quantitative estimate of drug-likeness (QED) is 0.624. The third kappa shape index (κ3) is 1.09. The van der Waals surface area contributed by atoms with Crippen molar-refractivity contribution < 1.29 is 4.79 Å². The van der Waals surface area contributed by atoms with E-state index in [0.717, 1.165) is 12.2 Å². The number of carbonyl (C=O) groups excluding carboxylic acids is 1. The van der Waals surface area contributed by atoms with E-state index in [9.17, 15) is 4.79 Å². The van der Waals surface area contributed by atoms with E-state index in [4.69, 9.17) is 0 Å². The highest BCUT2D eigenvalue weighted by Gasteiger charge is 2.54. The molecule has 1 nitrogen and oxygen atoms in total. The Labute approximate surface area is 66.6 Å². The van der Waals surface area contributed by atoms with Crippen molar-refractivity contribution in [2.75, 3.05) is 12.0 Å². The number of hydrogen-bond acceptors (Lipinski definition) is 2. The summed E-state index contributed by atoms with van der Waals surface area (Å²) < 4.78 is 0. The van der Waals surface area contributed by atoms with Crippen molar-refractivity contribution >= 4 is 17.5 Å². The molecule has 1 aliphatic carbocycles. The van der Waals surface area contributed by atoms with Crippen LogP contribution in [0, 0.1) is 11.3 Å². The Kier molecular flexibility index (Phi) is 2.09. The molecule has 0 aromatic rings. The van der Waals surface area contributed by atoms with Gasteiger partial charge in [0, 0.05) is 11.2 Å². The molecule has 0 aromatic heterocycles. The highest BCUT2D eigenvalue weighted by molar-refractivity contribution is 7.98. The van der Waals surface area contributed by atoms with Crippen LogP contribution in [0.15, 0.2) is 0 Å². The second kappa shape index (κ2) is 2.57. The van der Waals surface area contributed by atoms with Crippen LogP contribution < -0.4 is 0 Å². The summed E-state index contributed by atoms with van der Waals surface area (Å²) in [6.07, 6.45) is 3.18. The van der Waals surface area contributed by atoms with Crippen LogP contribution in [0.2, 0.25) is 0 Å². The maximum absolute atomic E-state index is 11.1. The molecule has 0 aromatic carbocycles. The topological polar surface area (TPSA) is 17.1 Å². The molecule has 10 heavy (non-hydrogen) atoms. The Balaban J connectivity index is 2.55. The van der Waals surface area contributed by atoms with Crippen molar-refractivity contribution in [3.05, 3.63) is 0 Å². The van der Waals surface area contributed by atoms with Crippen molar-refractivity contribution in [2.24, 2.45) is 11.3 Å². The van der Waals surface area contributed by atoms with Gasteiger partial charge in [0.25, 0.3) is 0 Å². The summed E-state index contributed by atoms with van der Waals surface area (Å²) in [7, 11) is 0. The molecular formula is C8H14OS. The van der Waals surface area contributed by atoms with E-state index in [2.05, 4.69) is 13.2 Å². The summed E-state index contributed by atoms with van der Waals surface area (Å²) >= 11 is 1.78. The van der Waals surface area contributed by atoms with Gasteiger partial charge < -0.3 is 0 Å². The first-order valence-corrected chi connectivity index (χ1v) is 5.03. The fourth-order valence-corrected chi connectivity index (χ4v) is 2.66. The van der Waals surface area contributed by atoms with Gasteiger partial charge >= 0.3 is 0 Å². The Bertz CT molecular complexity index is 155. The average molecular weight is 158 g/mol. The maximum Gasteiger partial charge on any atom is 0.137 e. The van der Waals surface area contributed by atoms with Crippen LogP contribution in [0.4, 0.5) is 0 Å². The number of carbonyl (C=O) groups is 1. The minimum atomic E-state index is 0.0828. The summed E-state index contributed by atoms with van der Waals surface area (Å²) in [4.78, 5) is 11.1. The van der Waals surface area contributed by atoms with Gasteiger partial charge in [-0.1, -0.05) is 6.92 Å². The van der Waals surface area contributed by atoms with Gasteiger partial charge in [0.2, 0.25) is 0 Å². The smallest absolute Gasteiger partial charge is 0.137 e. The Morgan fingerprint density at radius 3 is 2.40 bits per heavy atom. The molecule has 2 unspecified atom stereocenters. The van der Waals surface area contributed by atoms with E-state index in [1.807, 2.05) is 0 Å². The zero-order valence-corrected chi connectivity index (χ0v) is 7.62. The summed E-state index contributed by atoms with van der Waals surface area (Å²) in [6.45, 7) is 3.89. The second-order valence-corrected chi connectivity index (χ2v) is 4.12. The number of hydrogen-bond donors (Lipinski definition) is 0. The lowest BCUT2D eigenvalue weighted by Crippen LogP contribution is -2.16. The van der Waals surface area contributed by atoms with Gasteiger partial charge in [0.15, 0.2) is 0 Å². The zero-order chi connectivity index (χ0) is 7.78. The van der Waals surface area contributed by atoms with Crippen molar-refractivity contribution in [1.29, 1.82) is 0 Å². The van der Waals surface area contributed by atoms with E-state index in [1.54, 1.807) is 18.7 Å². The third-order valence-electron chi connectivity index (χ3n) is 2.56. The Hall–Kier alpha value is 0.0200. The molecule has 0 radical (unpaired) electrons. The fraction of sp³-hybridized carbons (Fsp3) is 0.875. The molecule has 1 saturated carbocycles. The molecular weight excluding hydrogens is 144 g/mol. The zero-order valence-electron chi connectivity index (χ0n) is 6.81. The van der Waals surface area contributed by atoms with Gasteiger partial charge in [-0.05, 0) is 25.5 Å². The van der Waals surface area contributed by atoms with Crippen LogP contribution >= 0.6 is 11.8 Å². The van der Waals surface area contributed by atoms with Crippen LogP contribution in [0.25, 0.3) is 0 Å². The molecule has 1 rings (SSSR count). The molecule has 0 aliphatic heterocycles. The third-order valence-corrected chi connectivity index (χ3v) is 3.36. The molecule has 0 saturated heterocycles. The predicted molar refractivity (Wildman–Crippen MR) is 45.3 cm³/mol. The van der Waals surface area contributed by atoms with Crippen molar-refractivity contribution in [3.63, 3.8) is 0 Å². The van der Waals surface area contributed by atoms with Gasteiger partial charge in [-0.2, -0.15) is 11.8 Å². The molecule has 58 valence electrons. The lowest BCUT2D eigenvalue weighted by Gasteiger charge is -2.09. The van der Waals surface area contributed by atoms with E-state index in [1.165, 1.54) is 0 Å². The normalized spacial score (nSPS) is 37.7. The average Bonchev–Trinajstić information content (AvgIpc) is 2.44. The summed E-state index contributed by atoms with van der Waals surface area (Å²) in [5.41, 5.74) is 0.0828. The minimum Gasteiger partial charge on any atom is -0.299 e. The van der Waals surface area contributed by atoms with Gasteiger partial charge in [-0.25, -0.2) is 0 Å². The van der Waals surface area contributed by atoms with E-state index < -0.39 is 0 Å². The van der Waals surface area contributed by atoms with Crippen LogP contribution in [0.3, 0.4) is 0 Å².